The van der Waals surface area contributed by atoms with Crippen molar-refractivity contribution in [2.45, 2.75) is 27.2 Å². The monoisotopic (exact) mass is 201 g/mol. The maximum Gasteiger partial charge on any atom is 0.222 e. The van der Waals surface area contributed by atoms with E-state index in [2.05, 4.69) is 29.1 Å². The second-order valence-corrected chi connectivity index (χ2v) is 2.90. The lowest BCUT2D eigenvalue weighted by atomic mass is 10.6. The van der Waals surface area contributed by atoms with Crippen molar-refractivity contribution in [3.8, 4) is 0 Å². The Morgan fingerprint density at radius 1 is 1.23 bits per heavy atom. The Balaban J connectivity index is 0.000000424. The first-order valence-electron chi connectivity index (χ1n) is 4.45. The predicted octanol–water partition coefficient (Wildman–Crippen LogP) is 2.98. The minimum absolute atomic E-state index is 0.557. The summed E-state index contributed by atoms with van der Waals surface area (Å²) in [5.41, 5.74) is 0. The summed E-state index contributed by atoms with van der Waals surface area (Å²) in [5.74, 6) is 0.618. The Bertz CT molecular complexity index is 211. The number of hydrogen-bond donors (Lipinski definition) is 1. The highest BCUT2D eigenvalue weighted by Crippen LogP contribution is 2.04. The van der Waals surface area contributed by atoms with Gasteiger partial charge in [0.2, 0.25) is 5.95 Å². The van der Waals surface area contributed by atoms with Gasteiger partial charge in [0.15, 0.2) is 0 Å². The van der Waals surface area contributed by atoms with Crippen molar-refractivity contribution in [2.24, 2.45) is 0 Å². The Morgan fingerprint density at radius 3 is 2.08 bits per heavy atom. The Labute approximate surface area is 84.6 Å². The third-order valence-electron chi connectivity index (χ3n) is 0.955. The Kier molecular flexibility index (Phi) is 7.30. The average Bonchev–Trinajstić information content (AvgIpc) is 2.11. The van der Waals surface area contributed by atoms with E-state index in [1.807, 2.05) is 6.92 Å². The van der Waals surface area contributed by atoms with Crippen LogP contribution in [0.25, 0.3) is 0 Å². The molecule has 1 heterocycles. The van der Waals surface area contributed by atoms with Crippen LogP contribution in [0.15, 0.2) is 12.4 Å². The molecule has 1 N–H and O–H groups in total. The van der Waals surface area contributed by atoms with Gasteiger partial charge in [-0.3, -0.25) is 0 Å². The van der Waals surface area contributed by atoms with Crippen molar-refractivity contribution in [1.82, 2.24) is 9.97 Å². The van der Waals surface area contributed by atoms with Crippen LogP contribution in [-0.2, 0) is 0 Å². The molecule has 0 aliphatic carbocycles. The van der Waals surface area contributed by atoms with Gasteiger partial charge in [-0.1, -0.05) is 31.9 Å². The third kappa shape index (κ3) is 6.34. The largest absolute Gasteiger partial charge is 0.355 e. The normalized spacial score (nSPS) is 8.62. The lowest BCUT2D eigenvalue weighted by molar-refractivity contribution is 1.08. The van der Waals surface area contributed by atoms with E-state index in [-0.39, 0.29) is 0 Å². The summed E-state index contributed by atoms with van der Waals surface area (Å²) in [5, 5.41) is 3.51. The topological polar surface area (TPSA) is 37.8 Å². The maximum absolute atomic E-state index is 5.56. The molecular formula is C9H16ClN3. The minimum atomic E-state index is 0.557. The summed E-state index contributed by atoms with van der Waals surface area (Å²) in [7, 11) is 0. The number of hydrogen-bond acceptors (Lipinski definition) is 3. The van der Waals surface area contributed by atoms with Crippen LogP contribution < -0.4 is 5.32 Å². The highest BCUT2D eigenvalue weighted by Gasteiger charge is 1.90. The van der Waals surface area contributed by atoms with Crippen LogP contribution in [0.3, 0.4) is 0 Å². The van der Waals surface area contributed by atoms with Gasteiger partial charge in [0.25, 0.3) is 0 Å². The molecule has 1 rings (SSSR count). The van der Waals surface area contributed by atoms with Crippen LogP contribution in [0.4, 0.5) is 5.95 Å². The molecule has 4 heteroatoms. The van der Waals surface area contributed by atoms with Crippen molar-refractivity contribution in [1.29, 1.82) is 0 Å². The van der Waals surface area contributed by atoms with Gasteiger partial charge in [0.1, 0.15) is 0 Å². The molecule has 1 aromatic heterocycles. The number of halogens is 1. The summed E-state index contributed by atoms with van der Waals surface area (Å²) in [4.78, 5) is 7.83. The van der Waals surface area contributed by atoms with Gasteiger partial charge >= 0.3 is 0 Å². The first kappa shape index (κ1) is 12.2. The molecule has 0 amide bonds. The van der Waals surface area contributed by atoms with Gasteiger partial charge in [0.05, 0.1) is 17.4 Å². The molecule has 0 aliphatic heterocycles. The van der Waals surface area contributed by atoms with E-state index in [9.17, 15) is 0 Å². The van der Waals surface area contributed by atoms with E-state index in [1.165, 1.54) is 6.42 Å². The zero-order valence-corrected chi connectivity index (χ0v) is 9.10. The molecule has 13 heavy (non-hydrogen) atoms. The highest BCUT2D eigenvalue weighted by atomic mass is 35.5. The SMILES string of the molecule is CCC.CCNc1ncc(Cl)cn1. The molecule has 0 unspecified atom stereocenters. The van der Waals surface area contributed by atoms with Crippen molar-refractivity contribution in [2.75, 3.05) is 11.9 Å². The summed E-state index contributed by atoms with van der Waals surface area (Å²) >= 11 is 5.56. The van der Waals surface area contributed by atoms with Crippen LogP contribution in [0, 0.1) is 0 Å². The molecule has 0 bridgehead atoms. The second-order valence-electron chi connectivity index (χ2n) is 2.46. The predicted molar refractivity (Wildman–Crippen MR) is 57.2 cm³/mol. The number of rotatable bonds is 2. The van der Waals surface area contributed by atoms with E-state index >= 15 is 0 Å². The molecule has 0 fully saturated rings. The summed E-state index contributed by atoms with van der Waals surface area (Å²) in [6.07, 6.45) is 4.37. The second kappa shape index (κ2) is 7.80. The van der Waals surface area contributed by atoms with E-state index in [1.54, 1.807) is 12.4 Å². The van der Waals surface area contributed by atoms with Crippen molar-refractivity contribution in [3.63, 3.8) is 0 Å². The quantitative estimate of drug-likeness (QED) is 0.800. The average molecular weight is 202 g/mol. The molecule has 74 valence electrons. The van der Waals surface area contributed by atoms with Crippen molar-refractivity contribution >= 4 is 17.5 Å². The first-order chi connectivity index (χ1) is 6.24. The Hall–Kier alpha value is -0.830. The van der Waals surface area contributed by atoms with Crippen LogP contribution in [0.2, 0.25) is 5.02 Å². The van der Waals surface area contributed by atoms with Crippen LogP contribution >= 0.6 is 11.6 Å². The molecule has 3 nitrogen and oxygen atoms in total. The minimum Gasteiger partial charge on any atom is -0.355 e. The van der Waals surface area contributed by atoms with Gasteiger partial charge in [-0.25, -0.2) is 9.97 Å². The smallest absolute Gasteiger partial charge is 0.222 e. The molecule has 0 atom stereocenters. The highest BCUT2D eigenvalue weighted by molar-refractivity contribution is 6.30. The lowest BCUT2D eigenvalue weighted by Gasteiger charge is -1.97. The van der Waals surface area contributed by atoms with Crippen LogP contribution in [0.5, 0.6) is 0 Å². The van der Waals surface area contributed by atoms with E-state index in [0.717, 1.165) is 6.54 Å². The molecule has 1 aromatic rings. The molecule has 0 spiro atoms. The van der Waals surface area contributed by atoms with E-state index in [0.29, 0.717) is 11.0 Å². The fourth-order valence-corrected chi connectivity index (χ4v) is 0.659. The van der Waals surface area contributed by atoms with Gasteiger partial charge in [-0.15, -0.1) is 0 Å². The third-order valence-corrected chi connectivity index (χ3v) is 1.15. The molecule has 0 aromatic carbocycles. The summed E-state index contributed by atoms with van der Waals surface area (Å²) in [6, 6.07) is 0. The van der Waals surface area contributed by atoms with Gasteiger partial charge in [-0.2, -0.15) is 0 Å². The molecule has 0 aliphatic rings. The number of anilines is 1. The van der Waals surface area contributed by atoms with E-state index in [4.69, 9.17) is 11.6 Å². The zero-order valence-electron chi connectivity index (χ0n) is 8.34. The van der Waals surface area contributed by atoms with Gasteiger partial charge < -0.3 is 5.32 Å². The van der Waals surface area contributed by atoms with E-state index < -0.39 is 0 Å². The van der Waals surface area contributed by atoms with Crippen LogP contribution in [0.1, 0.15) is 27.2 Å². The van der Waals surface area contributed by atoms with Crippen molar-refractivity contribution in [3.05, 3.63) is 17.4 Å². The summed E-state index contributed by atoms with van der Waals surface area (Å²) in [6.45, 7) is 7.06. The number of aromatic nitrogens is 2. The fraction of sp³-hybridized carbons (Fsp3) is 0.556. The zero-order chi connectivity index (χ0) is 10.1. The number of nitrogens with one attached hydrogen (secondary N) is 1. The fourth-order valence-electron chi connectivity index (χ4n) is 0.562. The summed E-state index contributed by atoms with van der Waals surface area (Å²) < 4.78 is 0. The lowest BCUT2D eigenvalue weighted by Crippen LogP contribution is -2.00. The standard InChI is InChI=1S/C6H8ClN3.C3H8/c1-2-8-6-9-3-5(7)4-10-6;1-3-2/h3-4H,2H2,1H3,(H,8,9,10);3H2,1-2H3. The van der Waals surface area contributed by atoms with Gasteiger partial charge in [0, 0.05) is 6.54 Å². The van der Waals surface area contributed by atoms with Crippen molar-refractivity contribution < 1.29 is 0 Å². The van der Waals surface area contributed by atoms with Gasteiger partial charge in [-0.05, 0) is 6.92 Å². The maximum atomic E-state index is 5.56. The number of nitrogens with zero attached hydrogens (tertiary/aromatic N) is 2. The molecule has 0 saturated heterocycles. The molecule has 0 saturated carbocycles. The van der Waals surface area contributed by atoms with Crippen LogP contribution in [-0.4, -0.2) is 16.5 Å². The molecular weight excluding hydrogens is 186 g/mol. The Morgan fingerprint density at radius 2 is 1.69 bits per heavy atom. The molecule has 0 radical (unpaired) electrons. The first-order valence-corrected chi connectivity index (χ1v) is 4.83.